The summed E-state index contributed by atoms with van der Waals surface area (Å²) in [6, 6.07) is 0. The lowest BCUT2D eigenvalue weighted by molar-refractivity contribution is -0.0248. The van der Waals surface area contributed by atoms with Gasteiger partial charge in [-0.3, -0.25) is 0 Å². The fourth-order valence-electron chi connectivity index (χ4n) is 5.11. The van der Waals surface area contributed by atoms with Gasteiger partial charge in [-0.15, -0.1) is 0 Å². The zero-order chi connectivity index (χ0) is 22.2. The quantitative estimate of drug-likeness (QED) is 0.305. The van der Waals surface area contributed by atoms with Crippen LogP contribution in [0.4, 0.5) is 0 Å². The summed E-state index contributed by atoms with van der Waals surface area (Å²) in [6.07, 6.45) is 9.79. The largest absolute Gasteiger partial charge is 0.393 e. The van der Waals surface area contributed by atoms with E-state index in [1.165, 1.54) is 19.3 Å². The first kappa shape index (κ1) is 27.9. The van der Waals surface area contributed by atoms with Crippen molar-refractivity contribution in [3.8, 4) is 0 Å². The van der Waals surface area contributed by atoms with Crippen molar-refractivity contribution in [3.05, 3.63) is 0 Å². The average Bonchev–Trinajstić information content (AvgIpc) is 2.46. The minimum Gasteiger partial charge on any atom is -0.393 e. The third kappa shape index (κ3) is 10.6. The smallest absolute Gasteiger partial charge is 0.0700 e. The van der Waals surface area contributed by atoms with Gasteiger partial charge in [-0.2, -0.15) is 0 Å². The monoisotopic (exact) mass is 398 g/mol. The summed E-state index contributed by atoms with van der Waals surface area (Å²) in [5.74, 6) is 0.543. The third-order valence-electron chi connectivity index (χ3n) is 6.04. The number of hydrogen-bond donors (Lipinski definition) is 3. The summed E-state index contributed by atoms with van der Waals surface area (Å²) in [4.78, 5) is 0. The molecule has 0 saturated heterocycles. The molecule has 5 N–H and O–H groups in total. The number of hydrogen-bond acceptors (Lipinski definition) is 3. The van der Waals surface area contributed by atoms with E-state index in [0.717, 1.165) is 38.5 Å². The van der Waals surface area contributed by atoms with Crippen LogP contribution in [0.3, 0.4) is 0 Å². The van der Waals surface area contributed by atoms with Crippen molar-refractivity contribution in [1.82, 2.24) is 0 Å². The topological polar surface area (TPSA) is 72.3 Å². The van der Waals surface area contributed by atoms with Crippen molar-refractivity contribution >= 4 is 0 Å². The Bertz CT molecular complexity index is 419. The van der Waals surface area contributed by atoms with Gasteiger partial charge in [0.05, 0.1) is 11.8 Å². The van der Waals surface area contributed by atoms with E-state index in [1.807, 2.05) is 0 Å². The van der Waals surface area contributed by atoms with Crippen LogP contribution in [0.25, 0.3) is 0 Å². The van der Waals surface area contributed by atoms with Crippen molar-refractivity contribution in [1.29, 1.82) is 0 Å². The summed E-state index contributed by atoms with van der Waals surface area (Å²) < 4.78 is 0. The first-order valence-electron chi connectivity index (χ1n) is 11.8. The SMILES string of the molecule is CCCCC(C)CC(O)CC(CCCC)(CC(C)(C)C)C(N)(N)CC(C)(C)C. The summed E-state index contributed by atoms with van der Waals surface area (Å²) >= 11 is 0. The molecule has 0 rings (SSSR count). The maximum atomic E-state index is 11.1. The summed E-state index contributed by atoms with van der Waals surface area (Å²) in [5, 5.41) is 11.1. The highest BCUT2D eigenvalue weighted by Gasteiger charge is 2.49. The second kappa shape index (κ2) is 11.3. The molecule has 3 heteroatoms. The molecule has 0 aromatic carbocycles. The van der Waals surface area contributed by atoms with Gasteiger partial charge in [-0.25, -0.2) is 0 Å². The molecular formula is C25H54N2O. The number of aliphatic hydroxyl groups excluding tert-OH is 1. The first-order valence-corrected chi connectivity index (χ1v) is 11.8. The van der Waals surface area contributed by atoms with Gasteiger partial charge in [0.15, 0.2) is 0 Å². The van der Waals surface area contributed by atoms with Crippen molar-refractivity contribution in [2.45, 2.75) is 138 Å². The second-order valence-corrected chi connectivity index (χ2v) is 12.2. The Labute approximate surface area is 177 Å². The maximum Gasteiger partial charge on any atom is 0.0700 e. The fraction of sp³-hybridized carbons (Fsp3) is 1.00. The molecule has 0 spiro atoms. The van der Waals surface area contributed by atoms with Crippen molar-refractivity contribution in [2.24, 2.45) is 33.6 Å². The molecule has 170 valence electrons. The molecule has 0 saturated carbocycles. The molecule has 28 heavy (non-hydrogen) atoms. The van der Waals surface area contributed by atoms with Crippen molar-refractivity contribution < 1.29 is 5.11 Å². The Kier molecular flexibility index (Phi) is 11.3. The molecule has 3 atom stereocenters. The van der Waals surface area contributed by atoms with Gasteiger partial charge in [0.2, 0.25) is 0 Å². The van der Waals surface area contributed by atoms with Gasteiger partial charge in [-0.05, 0) is 48.9 Å². The van der Waals surface area contributed by atoms with Crippen LogP contribution in [-0.4, -0.2) is 16.9 Å². The minimum absolute atomic E-state index is 0.0538. The zero-order valence-electron chi connectivity index (χ0n) is 20.8. The van der Waals surface area contributed by atoms with Gasteiger partial charge in [0.25, 0.3) is 0 Å². The van der Waals surface area contributed by atoms with Crippen LogP contribution in [0, 0.1) is 22.2 Å². The molecule has 0 aliphatic heterocycles. The molecule has 0 heterocycles. The molecule has 3 unspecified atom stereocenters. The second-order valence-electron chi connectivity index (χ2n) is 12.2. The predicted molar refractivity (Wildman–Crippen MR) is 125 cm³/mol. The van der Waals surface area contributed by atoms with Gasteiger partial charge in [0.1, 0.15) is 0 Å². The molecule has 0 bridgehead atoms. The van der Waals surface area contributed by atoms with E-state index in [9.17, 15) is 5.11 Å². The predicted octanol–water partition coefficient (Wildman–Crippen LogP) is 6.62. The number of aliphatic hydroxyl groups is 1. The van der Waals surface area contributed by atoms with E-state index < -0.39 is 5.66 Å². The van der Waals surface area contributed by atoms with Crippen LogP contribution in [0.5, 0.6) is 0 Å². The van der Waals surface area contributed by atoms with E-state index in [2.05, 4.69) is 62.3 Å². The highest BCUT2D eigenvalue weighted by molar-refractivity contribution is 5.03. The molecule has 0 aliphatic carbocycles. The molecule has 0 aromatic heterocycles. The Hall–Kier alpha value is -0.120. The van der Waals surface area contributed by atoms with E-state index in [-0.39, 0.29) is 22.3 Å². The summed E-state index contributed by atoms with van der Waals surface area (Å²) in [5.41, 5.74) is 13.0. The Morgan fingerprint density at radius 3 is 1.75 bits per heavy atom. The Morgan fingerprint density at radius 1 is 0.821 bits per heavy atom. The van der Waals surface area contributed by atoms with Crippen LogP contribution in [0.15, 0.2) is 0 Å². The lowest BCUT2D eigenvalue weighted by atomic mass is 9.58. The summed E-state index contributed by atoms with van der Waals surface area (Å²) in [7, 11) is 0. The normalized spacial score (nSPS) is 18.0. The van der Waals surface area contributed by atoms with Crippen molar-refractivity contribution in [3.63, 3.8) is 0 Å². The van der Waals surface area contributed by atoms with Gasteiger partial charge < -0.3 is 16.6 Å². The minimum atomic E-state index is -0.790. The van der Waals surface area contributed by atoms with Gasteiger partial charge in [-0.1, -0.05) is 94.4 Å². The lowest BCUT2D eigenvalue weighted by Crippen LogP contribution is -2.65. The summed E-state index contributed by atoms with van der Waals surface area (Å²) in [6.45, 7) is 20.2. The molecular weight excluding hydrogens is 344 g/mol. The van der Waals surface area contributed by atoms with E-state index in [0.29, 0.717) is 12.3 Å². The first-order chi connectivity index (χ1) is 12.6. The lowest BCUT2D eigenvalue weighted by Gasteiger charge is -2.52. The molecule has 3 nitrogen and oxygen atoms in total. The molecule has 0 fully saturated rings. The van der Waals surface area contributed by atoms with E-state index in [1.54, 1.807) is 0 Å². The maximum absolute atomic E-state index is 11.1. The standard InChI is InChI=1S/C25H54N2O/c1-10-12-14-20(3)16-21(28)17-24(15-13-11-2,18-22(4,5)6)25(26,27)19-23(7,8)9/h20-21,28H,10-19,26-27H2,1-9H3. The molecule has 0 aliphatic rings. The fourth-order valence-corrected chi connectivity index (χ4v) is 5.11. The van der Waals surface area contributed by atoms with E-state index >= 15 is 0 Å². The number of rotatable bonds is 13. The van der Waals surface area contributed by atoms with Crippen LogP contribution >= 0.6 is 0 Å². The van der Waals surface area contributed by atoms with Crippen LogP contribution in [0.2, 0.25) is 0 Å². The van der Waals surface area contributed by atoms with Crippen LogP contribution in [0.1, 0.15) is 127 Å². The Morgan fingerprint density at radius 2 is 1.32 bits per heavy atom. The van der Waals surface area contributed by atoms with Gasteiger partial charge >= 0.3 is 0 Å². The highest BCUT2D eigenvalue weighted by Crippen LogP contribution is 2.50. The highest BCUT2D eigenvalue weighted by atomic mass is 16.3. The third-order valence-corrected chi connectivity index (χ3v) is 6.04. The number of nitrogens with two attached hydrogens (primary N) is 2. The zero-order valence-corrected chi connectivity index (χ0v) is 20.8. The molecule has 0 aromatic rings. The van der Waals surface area contributed by atoms with Gasteiger partial charge in [0, 0.05) is 5.41 Å². The van der Waals surface area contributed by atoms with Crippen LogP contribution in [-0.2, 0) is 0 Å². The number of unbranched alkanes of at least 4 members (excludes halogenated alkanes) is 2. The molecule has 0 radical (unpaired) electrons. The average molecular weight is 399 g/mol. The van der Waals surface area contributed by atoms with E-state index in [4.69, 9.17) is 11.5 Å². The van der Waals surface area contributed by atoms with Crippen molar-refractivity contribution in [2.75, 3.05) is 0 Å². The molecule has 0 amide bonds. The Balaban J connectivity index is 5.76. The van der Waals surface area contributed by atoms with Crippen LogP contribution < -0.4 is 11.5 Å².